The second-order valence-corrected chi connectivity index (χ2v) is 3.94. The highest BCUT2D eigenvalue weighted by atomic mass is 32.2. The molecule has 0 saturated heterocycles. The van der Waals surface area contributed by atoms with Gasteiger partial charge in [-0.15, -0.1) is 11.8 Å². The lowest BCUT2D eigenvalue weighted by Crippen LogP contribution is -1.94. The Morgan fingerprint density at radius 3 is 2.56 bits per heavy atom. The lowest BCUT2D eigenvalue weighted by Gasteiger charge is -1.97. The number of nitrogens with zero attached hydrogens (tertiary/aromatic N) is 1. The van der Waals surface area contributed by atoms with Crippen LogP contribution < -0.4 is 0 Å². The number of hydrogen-bond acceptors (Lipinski definition) is 4. The van der Waals surface area contributed by atoms with Crippen molar-refractivity contribution < 1.29 is 14.3 Å². The molecule has 0 unspecified atom stereocenters. The fourth-order valence-electron chi connectivity index (χ4n) is 1.26. The van der Waals surface area contributed by atoms with Crippen molar-refractivity contribution >= 4 is 17.7 Å². The van der Waals surface area contributed by atoms with E-state index in [2.05, 4.69) is 4.98 Å². The molecule has 0 aliphatic rings. The van der Waals surface area contributed by atoms with Gasteiger partial charge in [0.05, 0.1) is 6.20 Å². The van der Waals surface area contributed by atoms with Crippen molar-refractivity contribution in [2.24, 2.45) is 0 Å². The van der Waals surface area contributed by atoms with Crippen molar-refractivity contribution in [2.45, 2.75) is 4.90 Å². The van der Waals surface area contributed by atoms with E-state index >= 15 is 0 Å². The summed E-state index contributed by atoms with van der Waals surface area (Å²) in [5.74, 6) is -0.985. The number of rotatable bonds is 3. The van der Waals surface area contributed by atoms with Crippen LogP contribution in [0.4, 0.5) is 0 Å². The van der Waals surface area contributed by atoms with E-state index in [1.807, 2.05) is 30.5 Å². The summed E-state index contributed by atoms with van der Waals surface area (Å²) in [4.78, 5) is 15.4. The zero-order valence-electron chi connectivity index (χ0n) is 8.51. The number of aromatic nitrogens is 1. The minimum atomic E-state index is -1.16. The van der Waals surface area contributed by atoms with Crippen molar-refractivity contribution in [1.82, 2.24) is 4.98 Å². The fraction of sp³-hybridized carbons (Fsp3) is 0.0909. The molecule has 82 valence electrons. The number of oxazole rings is 1. The Kier molecular flexibility index (Phi) is 2.96. The van der Waals surface area contributed by atoms with E-state index in [-0.39, 0.29) is 5.89 Å². The molecule has 1 aromatic heterocycles. The maximum Gasteiger partial charge on any atom is 0.392 e. The number of carboxylic acids is 1. The van der Waals surface area contributed by atoms with Crippen LogP contribution in [0.3, 0.4) is 0 Å². The van der Waals surface area contributed by atoms with Crippen LogP contribution in [0.2, 0.25) is 0 Å². The van der Waals surface area contributed by atoms with Crippen molar-refractivity contribution in [2.75, 3.05) is 6.26 Å². The Balaban J connectivity index is 2.31. The van der Waals surface area contributed by atoms with E-state index in [1.54, 1.807) is 11.8 Å². The predicted molar refractivity (Wildman–Crippen MR) is 60.7 cm³/mol. The number of hydrogen-bond donors (Lipinski definition) is 1. The first kappa shape index (κ1) is 10.8. The molecule has 0 bridgehead atoms. The van der Waals surface area contributed by atoms with Crippen LogP contribution in [0.25, 0.3) is 11.3 Å². The van der Waals surface area contributed by atoms with Gasteiger partial charge in [0.1, 0.15) is 0 Å². The summed E-state index contributed by atoms with van der Waals surface area (Å²) in [5, 5.41) is 8.67. The van der Waals surface area contributed by atoms with Gasteiger partial charge in [0, 0.05) is 10.5 Å². The number of aromatic carboxylic acids is 1. The Bertz CT molecular complexity index is 504. The molecule has 5 heteroatoms. The van der Waals surface area contributed by atoms with Crippen molar-refractivity contribution in [3.05, 3.63) is 36.4 Å². The maximum atomic E-state index is 10.6. The quantitative estimate of drug-likeness (QED) is 0.829. The third-order valence-electron chi connectivity index (χ3n) is 2.06. The molecule has 2 aromatic rings. The van der Waals surface area contributed by atoms with Crippen molar-refractivity contribution in [1.29, 1.82) is 0 Å². The molecule has 2 rings (SSSR count). The largest absolute Gasteiger partial charge is 0.474 e. The van der Waals surface area contributed by atoms with E-state index in [0.29, 0.717) is 5.76 Å². The average molecular weight is 235 g/mol. The normalized spacial score (nSPS) is 10.3. The van der Waals surface area contributed by atoms with E-state index in [1.165, 1.54) is 6.20 Å². The Morgan fingerprint density at radius 2 is 2.06 bits per heavy atom. The van der Waals surface area contributed by atoms with Gasteiger partial charge in [0.25, 0.3) is 0 Å². The molecule has 0 radical (unpaired) electrons. The van der Waals surface area contributed by atoms with Gasteiger partial charge in [-0.25, -0.2) is 9.78 Å². The summed E-state index contributed by atoms with van der Waals surface area (Å²) < 4.78 is 5.09. The van der Waals surface area contributed by atoms with Gasteiger partial charge in [-0.3, -0.25) is 0 Å². The van der Waals surface area contributed by atoms with E-state index in [0.717, 1.165) is 10.5 Å². The second kappa shape index (κ2) is 4.40. The maximum absolute atomic E-state index is 10.6. The minimum absolute atomic E-state index is 0.288. The lowest BCUT2D eigenvalue weighted by molar-refractivity contribution is 0.0654. The van der Waals surface area contributed by atoms with Crippen LogP contribution in [0, 0.1) is 0 Å². The summed E-state index contributed by atoms with van der Waals surface area (Å²) in [6.07, 6.45) is 3.41. The van der Waals surface area contributed by atoms with Crippen LogP contribution >= 0.6 is 11.8 Å². The molecule has 1 N–H and O–H groups in total. The van der Waals surface area contributed by atoms with Gasteiger partial charge in [-0.2, -0.15) is 0 Å². The van der Waals surface area contributed by atoms with Crippen molar-refractivity contribution in [3.63, 3.8) is 0 Å². The first-order valence-corrected chi connectivity index (χ1v) is 5.76. The average Bonchev–Trinajstić information content (AvgIpc) is 2.78. The van der Waals surface area contributed by atoms with Gasteiger partial charge in [-0.1, -0.05) is 12.1 Å². The molecule has 0 fully saturated rings. The monoisotopic (exact) mass is 235 g/mol. The highest BCUT2D eigenvalue weighted by molar-refractivity contribution is 7.98. The molecule has 0 aliphatic heterocycles. The number of carbonyl (C=O) groups is 1. The topological polar surface area (TPSA) is 63.3 Å². The van der Waals surface area contributed by atoms with Gasteiger partial charge < -0.3 is 9.52 Å². The van der Waals surface area contributed by atoms with Crippen LogP contribution in [-0.2, 0) is 0 Å². The molecule has 0 spiro atoms. The molecule has 0 aliphatic carbocycles. The summed E-state index contributed by atoms with van der Waals surface area (Å²) in [6.45, 7) is 0. The summed E-state index contributed by atoms with van der Waals surface area (Å²) in [7, 11) is 0. The molecule has 0 atom stereocenters. The predicted octanol–water partition coefficient (Wildman–Crippen LogP) is 2.76. The van der Waals surface area contributed by atoms with Crippen LogP contribution in [0.15, 0.2) is 39.8 Å². The third-order valence-corrected chi connectivity index (χ3v) is 2.81. The van der Waals surface area contributed by atoms with E-state index in [4.69, 9.17) is 9.52 Å². The van der Waals surface area contributed by atoms with Crippen molar-refractivity contribution in [3.8, 4) is 11.3 Å². The second-order valence-electron chi connectivity index (χ2n) is 3.06. The molecule has 1 heterocycles. The van der Waals surface area contributed by atoms with Gasteiger partial charge >= 0.3 is 11.9 Å². The zero-order valence-corrected chi connectivity index (χ0v) is 9.32. The van der Waals surface area contributed by atoms with Crippen LogP contribution in [0.1, 0.15) is 10.7 Å². The Hall–Kier alpha value is -1.75. The smallest absolute Gasteiger partial charge is 0.392 e. The highest BCUT2D eigenvalue weighted by Crippen LogP contribution is 2.23. The standard InChI is InChI=1S/C11H9NO3S/c1-16-8-4-2-7(3-5-8)9-6-12-10(15-9)11(13)14/h2-6H,1H3,(H,13,14). The van der Waals surface area contributed by atoms with Crippen LogP contribution in [-0.4, -0.2) is 22.3 Å². The Morgan fingerprint density at radius 1 is 1.38 bits per heavy atom. The summed E-state index contributed by atoms with van der Waals surface area (Å²) in [6, 6.07) is 7.64. The van der Waals surface area contributed by atoms with Crippen LogP contribution in [0.5, 0.6) is 0 Å². The minimum Gasteiger partial charge on any atom is -0.474 e. The van der Waals surface area contributed by atoms with E-state index < -0.39 is 5.97 Å². The summed E-state index contributed by atoms with van der Waals surface area (Å²) >= 11 is 1.64. The third kappa shape index (κ3) is 2.09. The molecule has 0 amide bonds. The molecular weight excluding hydrogens is 226 g/mol. The number of carboxylic acid groups (broad SMARTS) is 1. The zero-order chi connectivity index (χ0) is 11.5. The SMILES string of the molecule is CSc1ccc(-c2cnc(C(=O)O)o2)cc1. The first-order chi connectivity index (χ1) is 7.70. The van der Waals surface area contributed by atoms with Gasteiger partial charge in [0.2, 0.25) is 0 Å². The molecular formula is C11H9NO3S. The van der Waals surface area contributed by atoms with E-state index in [9.17, 15) is 4.79 Å². The number of benzene rings is 1. The number of thioether (sulfide) groups is 1. The van der Waals surface area contributed by atoms with Gasteiger partial charge in [-0.05, 0) is 18.4 Å². The Labute approximate surface area is 96.3 Å². The highest BCUT2D eigenvalue weighted by Gasteiger charge is 2.11. The summed E-state index contributed by atoms with van der Waals surface area (Å²) in [5.41, 5.74) is 0.817. The molecule has 1 aromatic carbocycles. The first-order valence-electron chi connectivity index (χ1n) is 4.54. The molecule has 16 heavy (non-hydrogen) atoms. The fourth-order valence-corrected chi connectivity index (χ4v) is 1.67. The molecule has 4 nitrogen and oxygen atoms in total. The van der Waals surface area contributed by atoms with Gasteiger partial charge in [0.15, 0.2) is 5.76 Å². The molecule has 0 saturated carbocycles. The lowest BCUT2D eigenvalue weighted by atomic mass is 10.2.